The van der Waals surface area contributed by atoms with Gasteiger partial charge in [0.25, 0.3) is 0 Å². The van der Waals surface area contributed by atoms with Crippen molar-refractivity contribution >= 4 is 21.7 Å². The fourth-order valence-corrected chi connectivity index (χ4v) is 2.72. The van der Waals surface area contributed by atoms with Crippen LogP contribution in [0.3, 0.4) is 0 Å². The van der Waals surface area contributed by atoms with Crippen LogP contribution >= 0.6 is 0 Å². The summed E-state index contributed by atoms with van der Waals surface area (Å²) in [6.45, 7) is 6.63. The molecule has 0 fully saturated rings. The van der Waals surface area contributed by atoms with E-state index in [0.29, 0.717) is 18.4 Å². The van der Waals surface area contributed by atoms with Gasteiger partial charge in [-0.15, -0.1) is 0 Å². The normalized spacial score (nSPS) is 11.5. The lowest BCUT2D eigenvalue weighted by Crippen LogP contribution is -2.14. The number of sulfonamides is 1. The molecular weight excluding hydrogens is 326 g/mol. The number of hydrogen-bond donors (Lipinski definition) is 3. The van der Waals surface area contributed by atoms with Crippen LogP contribution in [0.1, 0.15) is 25.2 Å². The van der Waals surface area contributed by atoms with Crippen molar-refractivity contribution < 1.29 is 8.42 Å². The second kappa shape index (κ2) is 7.59. The van der Waals surface area contributed by atoms with E-state index < -0.39 is 10.0 Å². The molecule has 0 saturated carbocycles. The number of primary sulfonamides is 1. The Morgan fingerprint density at radius 1 is 1.12 bits per heavy atom. The molecule has 7 nitrogen and oxygen atoms in total. The van der Waals surface area contributed by atoms with E-state index in [0.717, 1.165) is 23.6 Å². The number of hydrogen-bond acceptors (Lipinski definition) is 6. The lowest BCUT2D eigenvalue weighted by atomic mass is 10.1. The van der Waals surface area contributed by atoms with E-state index in [4.69, 9.17) is 5.14 Å². The number of nitrogens with one attached hydrogen (secondary N) is 2. The molecule has 0 radical (unpaired) electrons. The molecule has 0 amide bonds. The molecule has 1 aromatic carbocycles. The zero-order chi connectivity index (χ0) is 17.7. The second-order valence-corrected chi connectivity index (χ2v) is 7.41. The zero-order valence-corrected chi connectivity index (χ0v) is 14.9. The molecular formula is C16H23N5O2S. The monoisotopic (exact) mass is 349 g/mol. The minimum atomic E-state index is -3.64. The second-order valence-electron chi connectivity index (χ2n) is 5.85. The molecule has 0 aliphatic rings. The predicted octanol–water partition coefficient (Wildman–Crippen LogP) is 1.91. The Bertz CT molecular complexity index is 789. The first-order valence-corrected chi connectivity index (χ1v) is 9.26. The Morgan fingerprint density at radius 2 is 1.75 bits per heavy atom. The van der Waals surface area contributed by atoms with Crippen LogP contribution in [0.25, 0.3) is 0 Å². The largest absolute Gasteiger partial charge is 0.370 e. The Balaban J connectivity index is 1.95. The first-order valence-electron chi connectivity index (χ1n) is 7.72. The first kappa shape index (κ1) is 18.2. The van der Waals surface area contributed by atoms with Gasteiger partial charge in [0.2, 0.25) is 10.0 Å². The molecule has 0 spiro atoms. The van der Waals surface area contributed by atoms with Crippen molar-refractivity contribution in [2.75, 3.05) is 17.2 Å². The van der Waals surface area contributed by atoms with Gasteiger partial charge in [-0.2, -0.15) is 0 Å². The molecule has 8 heteroatoms. The summed E-state index contributed by atoms with van der Waals surface area (Å²) in [6, 6.07) is 8.73. The van der Waals surface area contributed by atoms with Crippen molar-refractivity contribution in [3.63, 3.8) is 0 Å². The summed E-state index contributed by atoms with van der Waals surface area (Å²) in [5.41, 5.74) is 1.02. The van der Waals surface area contributed by atoms with E-state index in [2.05, 4.69) is 34.4 Å². The van der Waals surface area contributed by atoms with Gasteiger partial charge in [0, 0.05) is 18.7 Å². The third-order valence-corrected chi connectivity index (χ3v) is 4.18. The lowest BCUT2D eigenvalue weighted by molar-refractivity contribution is 0.598. The van der Waals surface area contributed by atoms with Gasteiger partial charge in [0.1, 0.15) is 17.5 Å². The Kier molecular flexibility index (Phi) is 5.74. The fourth-order valence-electron chi connectivity index (χ4n) is 2.21. The highest BCUT2D eigenvalue weighted by atomic mass is 32.2. The molecule has 0 aliphatic heterocycles. The van der Waals surface area contributed by atoms with E-state index in [-0.39, 0.29) is 4.90 Å². The smallest absolute Gasteiger partial charge is 0.238 e. The van der Waals surface area contributed by atoms with Gasteiger partial charge in [-0.05, 0) is 44.9 Å². The number of rotatable bonds is 7. The van der Waals surface area contributed by atoms with E-state index in [1.165, 1.54) is 12.1 Å². The minimum absolute atomic E-state index is 0.120. The molecule has 1 aromatic heterocycles. The summed E-state index contributed by atoms with van der Waals surface area (Å²) in [5, 5.41) is 11.6. The lowest BCUT2D eigenvalue weighted by Gasteiger charge is -2.12. The molecule has 130 valence electrons. The Hall–Kier alpha value is -2.19. The number of nitrogens with two attached hydrogens (primary N) is 1. The first-order chi connectivity index (χ1) is 11.2. The number of nitrogens with zero attached hydrogens (tertiary/aromatic N) is 2. The highest BCUT2D eigenvalue weighted by Crippen LogP contribution is 2.13. The summed E-state index contributed by atoms with van der Waals surface area (Å²) >= 11 is 0. The average Bonchev–Trinajstić information content (AvgIpc) is 2.45. The van der Waals surface area contributed by atoms with Crippen LogP contribution in [0, 0.1) is 6.92 Å². The van der Waals surface area contributed by atoms with Gasteiger partial charge in [-0.25, -0.2) is 23.5 Å². The zero-order valence-electron chi connectivity index (χ0n) is 14.1. The van der Waals surface area contributed by atoms with E-state index in [1.54, 1.807) is 12.1 Å². The fraction of sp³-hybridized carbons (Fsp3) is 0.375. The standard InChI is InChI=1S/C16H23N5O2S/c1-11(2)19-16-10-15(20-12(3)21-16)18-9-8-13-4-6-14(7-5-13)24(17,22)23/h4-7,10-11H,8-9H2,1-3H3,(H2,17,22,23)(H2,18,19,20,21). The van der Waals surface area contributed by atoms with Crippen LogP contribution in [-0.2, 0) is 16.4 Å². The molecule has 2 aromatic rings. The van der Waals surface area contributed by atoms with E-state index in [9.17, 15) is 8.42 Å². The predicted molar refractivity (Wildman–Crippen MR) is 95.5 cm³/mol. The minimum Gasteiger partial charge on any atom is -0.370 e. The third-order valence-electron chi connectivity index (χ3n) is 3.25. The molecule has 0 bridgehead atoms. The van der Waals surface area contributed by atoms with Gasteiger partial charge >= 0.3 is 0 Å². The highest BCUT2D eigenvalue weighted by molar-refractivity contribution is 7.89. The van der Waals surface area contributed by atoms with Crippen LogP contribution < -0.4 is 15.8 Å². The van der Waals surface area contributed by atoms with Gasteiger partial charge in [0.15, 0.2) is 0 Å². The highest BCUT2D eigenvalue weighted by Gasteiger charge is 2.07. The van der Waals surface area contributed by atoms with E-state index >= 15 is 0 Å². The van der Waals surface area contributed by atoms with Gasteiger partial charge in [0.05, 0.1) is 4.90 Å². The maximum Gasteiger partial charge on any atom is 0.238 e. The molecule has 0 unspecified atom stereocenters. The van der Waals surface area contributed by atoms with Crippen molar-refractivity contribution in [3.05, 3.63) is 41.7 Å². The van der Waals surface area contributed by atoms with Crippen LogP contribution in [0.2, 0.25) is 0 Å². The van der Waals surface area contributed by atoms with Crippen LogP contribution in [-0.4, -0.2) is 31.0 Å². The number of benzene rings is 1. The van der Waals surface area contributed by atoms with Crippen LogP contribution in [0.5, 0.6) is 0 Å². The summed E-state index contributed by atoms with van der Waals surface area (Å²) in [5.74, 6) is 2.24. The molecule has 24 heavy (non-hydrogen) atoms. The summed E-state index contributed by atoms with van der Waals surface area (Å²) in [4.78, 5) is 8.82. The summed E-state index contributed by atoms with van der Waals surface area (Å²) in [7, 11) is -3.64. The van der Waals surface area contributed by atoms with Gasteiger partial charge < -0.3 is 10.6 Å². The SMILES string of the molecule is Cc1nc(NCCc2ccc(S(N)(=O)=O)cc2)cc(NC(C)C)n1. The number of anilines is 2. The molecule has 2 rings (SSSR count). The Morgan fingerprint density at radius 3 is 2.33 bits per heavy atom. The van der Waals surface area contributed by atoms with Gasteiger partial charge in [-0.3, -0.25) is 0 Å². The van der Waals surface area contributed by atoms with Crippen molar-refractivity contribution in [1.29, 1.82) is 0 Å². The Labute approximate surface area is 142 Å². The van der Waals surface area contributed by atoms with Gasteiger partial charge in [-0.1, -0.05) is 12.1 Å². The number of aromatic nitrogens is 2. The maximum absolute atomic E-state index is 11.2. The van der Waals surface area contributed by atoms with Crippen LogP contribution in [0.4, 0.5) is 11.6 Å². The van der Waals surface area contributed by atoms with Crippen molar-refractivity contribution in [3.8, 4) is 0 Å². The van der Waals surface area contributed by atoms with Crippen molar-refractivity contribution in [2.45, 2.75) is 38.1 Å². The molecule has 0 aliphatic carbocycles. The number of aryl methyl sites for hydroxylation is 1. The third kappa shape index (κ3) is 5.47. The summed E-state index contributed by atoms with van der Waals surface area (Å²) in [6.07, 6.45) is 0.737. The summed E-state index contributed by atoms with van der Waals surface area (Å²) < 4.78 is 22.5. The molecule has 4 N–H and O–H groups in total. The van der Waals surface area contributed by atoms with Crippen LogP contribution in [0.15, 0.2) is 35.2 Å². The molecule has 1 heterocycles. The average molecular weight is 349 g/mol. The molecule has 0 atom stereocenters. The quantitative estimate of drug-likeness (QED) is 0.704. The van der Waals surface area contributed by atoms with Crippen molar-refractivity contribution in [2.24, 2.45) is 5.14 Å². The van der Waals surface area contributed by atoms with E-state index in [1.807, 2.05) is 13.0 Å². The molecule has 0 saturated heterocycles. The maximum atomic E-state index is 11.2. The topological polar surface area (TPSA) is 110 Å². The van der Waals surface area contributed by atoms with Crippen molar-refractivity contribution in [1.82, 2.24) is 9.97 Å².